The van der Waals surface area contributed by atoms with Gasteiger partial charge in [0.2, 0.25) is 5.91 Å². The van der Waals surface area contributed by atoms with E-state index >= 15 is 0 Å². The summed E-state index contributed by atoms with van der Waals surface area (Å²) < 4.78 is 5.18. The number of hydrogen-bond donors (Lipinski definition) is 3. The molecule has 2 unspecified atom stereocenters. The first-order chi connectivity index (χ1) is 14.5. The number of cyclic esters (lactones) is 1. The zero-order valence-corrected chi connectivity index (χ0v) is 16.3. The van der Waals surface area contributed by atoms with E-state index in [1.807, 2.05) is 19.1 Å². The maximum Gasteiger partial charge on any atom is 0.407 e. The second-order valence-corrected chi connectivity index (χ2v) is 7.69. The number of amides is 2. The molecular formula is C21H20N6O3. The Morgan fingerprint density at radius 1 is 1.33 bits per heavy atom. The lowest BCUT2D eigenvalue weighted by molar-refractivity contribution is -0.117. The average Bonchev–Trinajstić information content (AvgIpc) is 3.42. The Labute approximate surface area is 172 Å². The first-order valence-electron chi connectivity index (χ1n) is 9.72. The summed E-state index contributed by atoms with van der Waals surface area (Å²) in [4.78, 5) is 36.8. The lowest BCUT2D eigenvalue weighted by Crippen LogP contribution is -2.22. The molecule has 0 bridgehead atoms. The van der Waals surface area contributed by atoms with Gasteiger partial charge in [0.15, 0.2) is 0 Å². The number of pyridine rings is 3. The molecule has 0 aromatic carbocycles. The van der Waals surface area contributed by atoms with Crippen molar-refractivity contribution in [2.45, 2.75) is 19.4 Å². The molecule has 9 nitrogen and oxygen atoms in total. The number of ether oxygens (including phenoxy) is 1. The molecule has 5 rings (SSSR count). The average molecular weight is 404 g/mol. The molecule has 9 heteroatoms. The van der Waals surface area contributed by atoms with E-state index in [9.17, 15) is 9.59 Å². The summed E-state index contributed by atoms with van der Waals surface area (Å²) in [6.07, 6.45) is 5.13. The van der Waals surface area contributed by atoms with E-state index in [0.29, 0.717) is 35.7 Å². The van der Waals surface area contributed by atoms with Crippen LogP contribution in [0.2, 0.25) is 0 Å². The molecule has 0 radical (unpaired) electrons. The Morgan fingerprint density at radius 2 is 2.20 bits per heavy atom. The fraction of sp³-hybridized carbons (Fsp3) is 0.286. The van der Waals surface area contributed by atoms with Crippen LogP contribution in [-0.4, -0.2) is 39.6 Å². The summed E-state index contributed by atoms with van der Waals surface area (Å²) in [7, 11) is 0. The Balaban J connectivity index is 1.37. The lowest BCUT2D eigenvalue weighted by Gasteiger charge is -2.10. The third-order valence-electron chi connectivity index (χ3n) is 5.67. The first kappa shape index (κ1) is 18.3. The van der Waals surface area contributed by atoms with Gasteiger partial charge in [0.05, 0.1) is 12.2 Å². The molecule has 4 N–H and O–H groups in total. The van der Waals surface area contributed by atoms with Gasteiger partial charge in [0.1, 0.15) is 17.7 Å². The van der Waals surface area contributed by atoms with Gasteiger partial charge in [-0.05, 0) is 42.5 Å². The van der Waals surface area contributed by atoms with E-state index in [-0.39, 0.29) is 23.8 Å². The molecule has 2 aliphatic rings. The summed E-state index contributed by atoms with van der Waals surface area (Å²) >= 11 is 0. The molecule has 3 atom stereocenters. The number of hydrogen-bond acceptors (Lipinski definition) is 7. The summed E-state index contributed by atoms with van der Waals surface area (Å²) in [6.45, 7) is 2.44. The number of nitrogens with zero attached hydrogens (tertiary/aromatic N) is 3. The van der Waals surface area contributed by atoms with Gasteiger partial charge in [-0.15, -0.1) is 0 Å². The van der Waals surface area contributed by atoms with E-state index in [0.717, 1.165) is 16.5 Å². The Hall–Kier alpha value is -3.75. The normalized spacial score (nSPS) is 22.4. The van der Waals surface area contributed by atoms with Crippen molar-refractivity contribution in [3.05, 3.63) is 42.4 Å². The molecule has 1 aliphatic carbocycles. The molecule has 2 amide bonds. The number of nitrogens with one attached hydrogen (secondary N) is 2. The number of anilines is 2. The van der Waals surface area contributed by atoms with Crippen molar-refractivity contribution in [3.8, 4) is 11.3 Å². The zero-order valence-electron chi connectivity index (χ0n) is 16.3. The first-order valence-corrected chi connectivity index (χ1v) is 9.72. The zero-order chi connectivity index (χ0) is 20.8. The Morgan fingerprint density at radius 3 is 2.97 bits per heavy atom. The van der Waals surface area contributed by atoms with Crippen LogP contribution in [0.15, 0.2) is 36.8 Å². The minimum atomic E-state index is -0.423. The third-order valence-corrected chi connectivity index (χ3v) is 5.67. The van der Waals surface area contributed by atoms with E-state index in [1.54, 1.807) is 24.7 Å². The fourth-order valence-corrected chi connectivity index (χ4v) is 3.90. The highest BCUT2D eigenvalue weighted by molar-refractivity contribution is 5.98. The van der Waals surface area contributed by atoms with Crippen LogP contribution in [0.4, 0.5) is 16.4 Å². The maximum atomic E-state index is 12.6. The van der Waals surface area contributed by atoms with Crippen LogP contribution < -0.4 is 16.4 Å². The molecule has 0 spiro atoms. The van der Waals surface area contributed by atoms with E-state index < -0.39 is 6.09 Å². The van der Waals surface area contributed by atoms with Crippen LogP contribution in [0.5, 0.6) is 0 Å². The maximum absolute atomic E-state index is 12.6. The SMILES string of the molecule is Cc1ccncc1-c1cc2cc(NC(=O)[C@@H]3CC3C3CNC(=O)O3)ncc2c(N)n1. The van der Waals surface area contributed by atoms with Crippen LogP contribution in [0.25, 0.3) is 22.0 Å². The van der Waals surface area contributed by atoms with E-state index in [1.165, 1.54) is 0 Å². The highest BCUT2D eigenvalue weighted by atomic mass is 16.6. The standard InChI is InChI=1S/C21H20N6O3/c1-10-2-3-23-7-14(10)16-4-11-5-18(24-8-15(11)19(22)26-16)27-20(28)13-6-12(13)17-9-25-21(29)30-17/h2-5,7-8,12-13,17H,6,9H2,1H3,(H2,22,26)(H,25,29)(H,24,27,28)/t12?,13-,17?/m1/s1. The number of nitrogen functional groups attached to an aromatic ring is 1. The summed E-state index contributed by atoms with van der Waals surface area (Å²) in [6, 6.07) is 5.62. The van der Waals surface area contributed by atoms with Crippen LogP contribution >= 0.6 is 0 Å². The Kier molecular flexibility index (Phi) is 4.23. The van der Waals surface area contributed by atoms with Gasteiger partial charge >= 0.3 is 6.09 Å². The number of carbonyl (C=O) groups excluding carboxylic acids is 2. The summed E-state index contributed by atoms with van der Waals surface area (Å²) in [5.74, 6) is 0.550. The molecule has 3 aromatic heterocycles. The van der Waals surface area contributed by atoms with Crippen molar-refractivity contribution in [2.24, 2.45) is 11.8 Å². The predicted octanol–water partition coefficient (Wildman–Crippen LogP) is 2.27. The minimum Gasteiger partial charge on any atom is -0.444 e. The quantitative estimate of drug-likeness (QED) is 0.607. The molecule has 1 saturated carbocycles. The van der Waals surface area contributed by atoms with Gasteiger partial charge in [-0.25, -0.2) is 14.8 Å². The molecule has 3 aromatic rings. The number of aromatic nitrogens is 3. The minimum absolute atomic E-state index is 0.0457. The smallest absolute Gasteiger partial charge is 0.407 e. The number of fused-ring (bicyclic) bond motifs is 1. The molecule has 30 heavy (non-hydrogen) atoms. The highest BCUT2D eigenvalue weighted by Gasteiger charge is 2.51. The molecular weight excluding hydrogens is 384 g/mol. The molecule has 1 aliphatic heterocycles. The summed E-state index contributed by atoms with van der Waals surface area (Å²) in [5, 5.41) is 7.03. The second kappa shape index (κ2) is 6.94. The number of carbonyl (C=O) groups is 2. The van der Waals surface area contributed by atoms with Crippen LogP contribution in [-0.2, 0) is 9.53 Å². The monoisotopic (exact) mass is 404 g/mol. The van der Waals surface area contributed by atoms with Crippen molar-refractivity contribution in [1.82, 2.24) is 20.3 Å². The van der Waals surface area contributed by atoms with Crippen molar-refractivity contribution >= 4 is 34.4 Å². The number of aryl methyl sites for hydroxylation is 1. The lowest BCUT2D eigenvalue weighted by atomic mass is 10.1. The molecule has 152 valence electrons. The largest absolute Gasteiger partial charge is 0.444 e. The number of nitrogens with two attached hydrogens (primary N) is 1. The second-order valence-electron chi connectivity index (χ2n) is 7.69. The van der Waals surface area contributed by atoms with Crippen molar-refractivity contribution in [1.29, 1.82) is 0 Å². The van der Waals surface area contributed by atoms with Gasteiger partial charge in [-0.1, -0.05) is 0 Å². The van der Waals surface area contributed by atoms with Crippen LogP contribution in [0, 0.1) is 18.8 Å². The van der Waals surface area contributed by atoms with Crippen molar-refractivity contribution in [2.75, 3.05) is 17.6 Å². The topological polar surface area (TPSA) is 132 Å². The van der Waals surface area contributed by atoms with Crippen molar-refractivity contribution in [3.63, 3.8) is 0 Å². The van der Waals surface area contributed by atoms with Gasteiger partial charge < -0.3 is 21.1 Å². The van der Waals surface area contributed by atoms with Crippen LogP contribution in [0.3, 0.4) is 0 Å². The van der Waals surface area contributed by atoms with E-state index in [2.05, 4.69) is 25.6 Å². The van der Waals surface area contributed by atoms with E-state index in [4.69, 9.17) is 10.5 Å². The molecule has 2 fully saturated rings. The fourth-order valence-electron chi connectivity index (χ4n) is 3.90. The number of rotatable bonds is 4. The predicted molar refractivity (Wildman–Crippen MR) is 110 cm³/mol. The van der Waals surface area contributed by atoms with Gasteiger partial charge in [-0.3, -0.25) is 9.78 Å². The third kappa shape index (κ3) is 3.28. The Bertz CT molecular complexity index is 1180. The number of alkyl carbamates (subject to hydrolysis) is 1. The molecule has 1 saturated heterocycles. The van der Waals surface area contributed by atoms with Gasteiger partial charge in [-0.2, -0.15) is 0 Å². The summed E-state index contributed by atoms with van der Waals surface area (Å²) in [5.41, 5.74) is 8.80. The van der Waals surface area contributed by atoms with Gasteiger partial charge in [0.25, 0.3) is 0 Å². The van der Waals surface area contributed by atoms with Gasteiger partial charge in [0, 0.05) is 41.4 Å². The highest BCUT2D eigenvalue weighted by Crippen LogP contribution is 2.44. The van der Waals surface area contributed by atoms with Crippen LogP contribution in [0.1, 0.15) is 12.0 Å². The van der Waals surface area contributed by atoms with Crippen molar-refractivity contribution < 1.29 is 14.3 Å². The molecule has 4 heterocycles.